The van der Waals surface area contributed by atoms with Crippen molar-refractivity contribution in [2.45, 2.75) is 0 Å². The number of carboxylic acids is 1. The number of aromatic nitrogens is 1. The molecule has 0 saturated heterocycles. The van der Waals surface area contributed by atoms with Crippen molar-refractivity contribution in [3.63, 3.8) is 0 Å². The maximum atomic E-state index is 10.3. The number of fused-ring (bicyclic) bond motifs is 1. The fraction of sp³-hybridized carbons (Fsp3) is 0. The fourth-order valence-electron chi connectivity index (χ4n) is 1.56. The van der Waals surface area contributed by atoms with E-state index < -0.39 is 5.97 Å². The minimum atomic E-state index is -0.953. The van der Waals surface area contributed by atoms with E-state index in [1.165, 1.54) is 6.08 Å². The van der Waals surface area contributed by atoms with Gasteiger partial charge in [0.2, 0.25) is 0 Å². The molecule has 17 heavy (non-hydrogen) atoms. The Morgan fingerprint density at radius 2 is 2.00 bits per heavy atom. The van der Waals surface area contributed by atoms with Crippen LogP contribution in [0.1, 0.15) is 5.56 Å². The largest absolute Gasteiger partial charge is 0.478 e. The molecule has 1 heterocycles. The Morgan fingerprint density at radius 1 is 1.18 bits per heavy atom. The summed E-state index contributed by atoms with van der Waals surface area (Å²) >= 11 is 0. The van der Waals surface area contributed by atoms with Crippen LogP contribution < -0.4 is 0 Å². The second kappa shape index (κ2) is 5.07. The number of aliphatic carboxylic acids is 1. The molecule has 1 aromatic heterocycles. The molecule has 0 atom stereocenters. The van der Waals surface area contributed by atoms with Gasteiger partial charge in [-0.3, -0.25) is 4.98 Å². The third-order valence-electron chi connectivity index (χ3n) is 2.29. The molecule has 3 heteroatoms. The number of benzene rings is 1. The summed E-state index contributed by atoms with van der Waals surface area (Å²) in [7, 11) is 0. The van der Waals surface area contributed by atoms with E-state index in [0.29, 0.717) is 0 Å². The van der Waals surface area contributed by atoms with E-state index in [1.54, 1.807) is 12.3 Å². The first-order valence-electron chi connectivity index (χ1n) is 5.19. The van der Waals surface area contributed by atoms with Crippen LogP contribution in [0.5, 0.6) is 0 Å². The van der Waals surface area contributed by atoms with Crippen LogP contribution in [0, 0.1) is 0 Å². The number of nitrogens with zero attached hydrogens (tertiary/aromatic N) is 1. The molecule has 0 aliphatic rings. The van der Waals surface area contributed by atoms with Gasteiger partial charge in [-0.15, -0.1) is 0 Å². The second-order valence-electron chi connectivity index (χ2n) is 3.48. The van der Waals surface area contributed by atoms with Crippen molar-refractivity contribution in [3.8, 4) is 0 Å². The molecular formula is C14H11NO2. The molecule has 0 spiro atoms. The average molecular weight is 225 g/mol. The lowest BCUT2D eigenvalue weighted by Gasteiger charge is -1.99. The monoisotopic (exact) mass is 225 g/mol. The van der Waals surface area contributed by atoms with E-state index in [-0.39, 0.29) is 0 Å². The summed E-state index contributed by atoms with van der Waals surface area (Å²) in [6, 6.07) is 9.77. The van der Waals surface area contributed by atoms with Gasteiger partial charge in [0.15, 0.2) is 0 Å². The van der Waals surface area contributed by atoms with Crippen LogP contribution in [-0.2, 0) is 4.79 Å². The van der Waals surface area contributed by atoms with Crippen molar-refractivity contribution in [2.24, 2.45) is 0 Å². The van der Waals surface area contributed by atoms with Crippen LogP contribution in [0.4, 0.5) is 0 Å². The number of hydrogen-bond donors (Lipinski definition) is 1. The van der Waals surface area contributed by atoms with Crippen molar-refractivity contribution < 1.29 is 9.90 Å². The van der Waals surface area contributed by atoms with E-state index in [2.05, 4.69) is 4.98 Å². The summed E-state index contributed by atoms with van der Waals surface area (Å²) in [6.07, 6.45) is 7.86. The average Bonchev–Trinajstić information content (AvgIpc) is 2.34. The van der Waals surface area contributed by atoms with E-state index in [9.17, 15) is 4.79 Å². The van der Waals surface area contributed by atoms with Crippen molar-refractivity contribution in [3.05, 3.63) is 60.3 Å². The molecule has 0 aliphatic heterocycles. The maximum absolute atomic E-state index is 10.3. The highest BCUT2D eigenvalue weighted by Crippen LogP contribution is 2.16. The van der Waals surface area contributed by atoms with Crippen molar-refractivity contribution in [1.82, 2.24) is 4.98 Å². The van der Waals surface area contributed by atoms with Gasteiger partial charge in [-0.2, -0.15) is 0 Å². The normalized spacial score (nSPS) is 11.5. The van der Waals surface area contributed by atoms with Gasteiger partial charge >= 0.3 is 5.97 Å². The third-order valence-corrected chi connectivity index (χ3v) is 2.29. The Kier molecular flexibility index (Phi) is 3.31. The molecule has 0 amide bonds. The van der Waals surface area contributed by atoms with Gasteiger partial charge in [0.05, 0.1) is 5.52 Å². The SMILES string of the molecule is O=C(O)C=CC=Cc1cccc2cccnc12. The summed E-state index contributed by atoms with van der Waals surface area (Å²) in [5.74, 6) is -0.953. The zero-order chi connectivity index (χ0) is 12.1. The summed E-state index contributed by atoms with van der Waals surface area (Å²) < 4.78 is 0. The molecule has 0 fully saturated rings. The van der Waals surface area contributed by atoms with Crippen LogP contribution in [0.2, 0.25) is 0 Å². The highest BCUT2D eigenvalue weighted by molar-refractivity contribution is 5.87. The number of para-hydroxylation sites is 1. The lowest BCUT2D eigenvalue weighted by Crippen LogP contribution is -1.84. The first-order chi connectivity index (χ1) is 8.27. The van der Waals surface area contributed by atoms with E-state index in [1.807, 2.05) is 36.4 Å². The van der Waals surface area contributed by atoms with Crippen molar-refractivity contribution in [2.75, 3.05) is 0 Å². The first kappa shape index (κ1) is 11.1. The van der Waals surface area contributed by atoms with Crippen molar-refractivity contribution in [1.29, 1.82) is 0 Å². The molecule has 2 rings (SSSR count). The number of hydrogen-bond acceptors (Lipinski definition) is 2. The molecule has 0 unspecified atom stereocenters. The lowest BCUT2D eigenvalue weighted by molar-refractivity contribution is -0.131. The molecule has 1 N–H and O–H groups in total. The minimum absolute atomic E-state index is 0.912. The van der Waals surface area contributed by atoms with E-state index in [4.69, 9.17) is 5.11 Å². The van der Waals surface area contributed by atoms with Crippen LogP contribution in [0.3, 0.4) is 0 Å². The Labute approximate surface area is 98.7 Å². The quantitative estimate of drug-likeness (QED) is 0.645. The molecule has 2 aromatic rings. The molecule has 0 saturated carbocycles. The van der Waals surface area contributed by atoms with Gasteiger partial charge in [-0.1, -0.05) is 42.5 Å². The summed E-state index contributed by atoms with van der Waals surface area (Å²) in [6.45, 7) is 0. The number of carboxylic acid groups (broad SMARTS) is 1. The summed E-state index contributed by atoms with van der Waals surface area (Å²) in [5.41, 5.74) is 1.88. The second-order valence-corrected chi connectivity index (χ2v) is 3.48. The van der Waals surface area contributed by atoms with Crippen LogP contribution in [0.25, 0.3) is 17.0 Å². The molecule has 3 nitrogen and oxygen atoms in total. The summed E-state index contributed by atoms with van der Waals surface area (Å²) in [4.78, 5) is 14.6. The van der Waals surface area contributed by atoms with E-state index >= 15 is 0 Å². The van der Waals surface area contributed by atoms with Gasteiger partial charge in [0, 0.05) is 23.2 Å². The smallest absolute Gasteiger partial charge is 0.328 e. The molecule has 0 aliphatic carbocycles. The fourth-order valence-corrected chi connectivity index (χ4v) is 1.56. The minimum Gasteiger partial charge on any atom is -0.478 e. The van der Waals surface area contributed by atoms with Gasteiger partial charge in [0.25, 0.3) is 0 Å². The predicted octanol–water partition coefficient (Wildman–Crippen LogP) is 2.89. The summed E-state index contributed by atoms with van der Waals surface area (Å²) in [5, 5.41) is 9.52. The zero-order valence-corrected chi connectivity index (χ0v) is 9.08. The van der Waals surface area contributed by atoms with Gasteiger partial charge in [0.1, 0.15) is 0 Å². The number of carbonyl (C=O) groups is 1. The Balaban J connectivity index is 2.33. The Morgan fingerprint density at radius 3 is 2.82 bits per heavy atom. The van der Waals surface area contributed by atoms with Crippen LogP contribution >= 0.6 is 0 Å². The first-order valence-corrected chi connectivity index (χ1v) is 5.19. The zero-order valence-electron chi connectivity index (χ0n) is 9.08. The van der Waals surface area contributed by atoms with Crippen LogP contribution in [-0.4, -0.2) is 16.1 Å². The Bertz CT molecular complexity index is 595. The molecule has 1 aromatic carbocycles. The molecular weight excluding hydrogens is 214 g/mol. The molecule has 84 valence electrons. The van der Waals surface area contributed by atoms with Gasteiger partial charge in [-0.25, -0.2) is 4.79 Å². The molecule has 0 radical (unpaired) electrons. The standard InChI is InChI=1S/C14H11NO2/c16-13(17)9-2-1-5-11-6-3-7-12-8-4-10-15-14(11)12/h1-10H,(H,16,17). The number of allylic oxidation sites excluding steroid dienone is 2. The number of pyridine rings is 1. The van der Waals surface area contributed by atoms with Crippen LogP contribution in [0.15, 0.2) is 54.8 Å². The van der Waals surface area contributed by atoms with Gasteiger partial charge < -0.3 is 5.11 Å². The highest BCUT2D eigenvalue weighted by Gasteiger charge is 1.96. The topological polar surface area (TPSA) is 50.2 Å². The third kappa shape index (κ3) is 2.78. The highest BCUT2D eigenvalue weighted by atomic mass is 16.4. The van der Waals surface area contributed by atoms with Crippen molar-refractivity contribution >= 4 is 22.9 Å². The molecule has 0 bridgehead atoms. The predicted molar refractivity (Wildman–Crippen MR) is 67.6 cm³/mol. The van der Waals surface area contributed by atoms with E-state index in [0.717, 1.165) is 22.5 Å². The number of rotatable bonds is 3. The lowest BCUT2D eigenvalue weighted by atomic mass is 10.1. The maximum Gasteiger partial charge on any atom is 0.328 e. The van der Waals surface area contributed by atoms with Gasteiger partial charge in [-0.05, 0) is 6.07 Å². The Hall–Kier alpha value is -2.42.